The van der Waals surface area contributed by atoms with Crippen molar-refractivity contribution in [3.8, 4) is 0 Å². The Morgan fingerprint density at radius 2 is 1.19 bits per heavy atom. The Balaban J connectivity index is 1.42. The standard InChI is InChI=1S/C22H32N6O2S/c1-17-15-18(2)22(19(3)16-17)31(29,30)28-13-11-27(12-14-28)21-6-5-20(23-24-21)26-9-7-25(4)8-10-26/h5-6,15-16H,7-14H2,1-4H3. The zero-order valence-corrected chi connectivity index (χ0v) is 19.7. The molecule has 2 aliphatic rings. The highest BCUT2D eigenvalue weighted by Gasteiger charge is 2.31. The van der Waals surface area contributed by atoms with E-state index in [1.54, 1.807) is 4.31 Å². The van der Waals surface area contributed by atoms with Crippen molar-refractivity contribution in [2.24, 2.45) is 0 Å². The van der Waals surface area contributed by atoms with Crippen LogP contribution in [0.15, 0.2) is 29.2 Å². The van der Waals surface area contributed by atoms with Gasteiger partial charge >= 0.3 is 0 Å². The number of rotatable bonds is 4. The lowest BCUT2D eigenvalue weighted by molar-refractivity contribution is 0.312. The molecule has 2 fully saturated rings. The molecule has 1 aromatic carbocycles. The molecule has 0 spiro atoms. The maximum atomic E-state index is 13.3. The third-order valence-corrected chi connectivity index (χ3v) is 8.43. The molecule has 0 aliphatic carbocycles. The van der Waals surface area contributed by atoms with Gasteiger partial charge in [-0.15, -0.1) is 10.2 Å². The number of aromatic nitrogens is 2. The first-order chi connectivity index (χ1) is 14.8. The molecular weight excluding hydrogens is 412 g/mol. The summed E-state index contributed by atoms with van der Waals surface area (Å²) in [7, 11) is -1.38. The number of aryl methyl sites for hydroxylation is 3. The van der Waals surface area contributed by atoms with E-state index < -0.39 is 10.0 Å². The van der Waals surface area contributed by atoms with Crippen LogP contribution < -0.4 is 9.80 Å². The van der Waals surface area contributed by atoms with Crippen LogP contribution in [0.4, 0.5) is 11.6 Å². The van der Waals surface area contributed by atoms with Crippen molar-refractivity contribution in [2.45, 2.75) is 25.7 Å². The number of sulfonamides is 1. The predicted molar refractivity (Wildman–Crippen MR) is 123 cm³/mol. The minimum absolute atomic E-state index is 0.441. The molecule has 1 aromatic heterocycles. The van der Waals surface area contributed by atoms with Crippen molar-refractivity contribution in [3.63, 3.8) is 0 Å². The summed E-state index contributed by atoms with van der Waals surface area (Å²) in [5.41, 5.74) is 2.70. The highest BCUT2D eigenvalue weighted by molar-refractivity contribution is 7.89. The van der Waals surface area contributed by atoms with Crippen molar-refractivity contribution in [3.05, 3.63) is 41.0 Å². The number of nitrogens with zero attached hydrogens (tertiary/aromatic N) is 6. The second kappa shape index (κ2) is 8.72. The van der Waals surface area contributed by atoms with Gasteiger partial charge in [-0.3, -0.25) is 0 Å². The average Bonchev–Trinajstić information content (AvgIpc) is 2.74. The van der Waals surface area contributed by atoms with Crippen molar-refractivity contribution in [2.75, 3.05) is 69.2 Å². The first-order valence-corrected chi connectivity index (χ1v) is 12.3. The fraction of sp³-hybridized carbons (Fsp3) is 0.545. The van der Waals surface area contributed by atoms with Crippen LogP contribution in [0.5, 0.6) is 0 Å². The smallest absolute Gasteiger partial charge is 0.243 e. The summed E-state index contributed by atoms with van der Waals surface area (Å²) in [6, 6.07) is 7.90. The van der Waals surface area contributed by atoms with Crippen LogP contribution in [-0.2, 0) is 10.0 Å². The molecule has 0 bridgehead atoms. The summed E-state index contributed by atoms with van der Waals surface area (Å²) < 4.78 is 28.2. The van der Waals surface area contributed by atoms with E-state index >= 15 is 0 Å². The molecule has 31 heavy (non-hydrogen) atoms. The van der Waals surface area contributed by atoms with Gasteiger partial charge in [0.15, 0.2) is 11.6 Å². The van der Waals surface area contributed by atoms with Crippen LogP contribution in [0.3, 0.4) is 0 Å². The highest BCUT2D eigenvalue weighted by Crippen LogP contribution is 2.27. The van der Waals surface area contributed by atoms with Crippen LogP contribution >= 0.6 is 0 Å². The molecule has 9 heteroatoms. The Bertz CT molecular complexity index is 1000. The van der Waals surface area contributed by atoms with E-state index in [0.717, 1.165) is 54.5 Å². The largest absolute Gasteiger partial charge is 0.353 e. The topological polar surface area (TPSA) is 72.9 Å². The minimum atomic E-state index is -3.51. The van der Waals surface area contributed by atoms with Gasteiger partial charge in [0.05, 0.1) is 4.90 Å². The zero-order valence-electron chi connectivity index (χ0n) is 18.9. The van der Waals surface area contributed by atoms with Gasteiger partial charge in [-0.25, -0.2) is 8.42 Å². The number of benzene rings is 1. The minimum Gasteiger partial charge on any atom is -0.353 e. The third-order valence-electron chi connectivity index (χ3n) is 6.23. The van der Waals surface area contributed by atoms with Crippen molar-refractivity contribution < 1.29 is 8.42 Å². The number of hydrogen-bond acceptors (Lipinski definition) is 7. The molecule has 0 saturated carbocycles. The monoisotopic (exact) mass is 444 g/mol. The lowest BCUT2D eigenvalue weighted by Gasteiger charge is -2.35. The molecule has 0 N–H and O–H groups in total. The SMILES string of the molecule is Cc1cc(C)c(S(=O)(=O)N2CCN(c3ccc(N4CCN(C)CC4)nn3)CC2)c(C)c1. The Morgan fingerprint density at radius 3 is 1.65 bits per heavy atom. The van der Waals surface area contributed by atoms with Crippen LogP contribution in [-0.4, -0.2) is 87.2 Å². The second-order valence-electron chi connectivity index (χ2n) is 8.66. The lowest BCUT2D eigenvalue weighted by Crippen LogP contribution is -2.49. The third kappa shape index (κ3) is 4.53. The van der Waals surface area contributed by atoms with Gasteiger partial charge in [0, 0.05) is 52.4 Å². The zero-order chi connectivity index (χ0) is 22.2. The number of likely N-dealkylation sites (N-methyl/N-ethyl adjacent to an activating group) is 1. The number of hydrogen-bond donors (Lipinski definition) is 0. The van der Waals surface area contributed by atoms with E-state index in [1.807, 2.05) is 45.0 Å². The molecule has 2 aromatic rings. The fourth-order valence-electron chi connectivity index (χ4n) is 4.55. The highest BCUT2D eigenvalue weighted by atomic mass is 32.2. The van der Waals surface area contributed by atoms with Crippen LogP contribution in [0.1, 0.15) is 16.7 Å². The van der Waals surface area contributed by atoms with E-state index in [9.17, 15) is 8.42 Å². The maximum Gasteiger partial charge on any atom is 0.243 e. The molecule has 0 amide bonds. The van der Waals surface area contributed by atoms with E-state index in [1.165, 1.54) is 0 Å². The molecule has 0 radical (unpaired) electrons. The van der Waals surface area contributed by atoms with Gasteiger partial charge in [-0.1, -0.05) is 17.7 Å². The average molecular weight is 445 g/mol. The van der Waals surface area contributed by atoms with Gasteiger partial charge in [0.25, 0.3) is 0 Å². The van der Waals surface area contributed by atoms with Crippen molar-refractivity contribution >= 4 is 21.7 Å². The van der Waals surface area contributed by atoms with Gasteiger partial charge in [0.1, 0.15) is 0 Å². The number of anilines is 2. The van der Waals surface area contributed by atoms with Crippen LogP contribution in [0.2, 0.25) is 0 Å². The molecule has 168 valence electrons. The van der Waals surface area contributed by atoms with Gasteiger partial charge in [-0.05, 0) is 51.1 Å². The first kappa shape index (κ1) is 22.0. The molecule has 2 aliphatic heterocycles. The van der Waals surface area contributed by atoms with Crippen molar-refractivity contribution in [1.29, 1.82) is 0 Å². The molecule has 4 rings (SSSR count). The fourth-order valence-corrected chi connectivity index (χ4v) is 6.39. The Hall–Kier alpha value is -2.23. The second-order valence-corrected chi connectivity index (χ2v) is 10.5. The van der Waals surface area contributed by atoms with E-state index in [4.69, 9.17) is 0 Å². The van der Waals surface area contributed by atoms with Gasteiger partial charge in [-0.2, -0.15) is 4.31 Å². The summed E-state index contributed by atoms with van der Waals surface area (Å²) in [5, 5.41) is 8.87. The lowest BCUT2D eigenvalue weighted by atomic mass is 10.1. The maximum absolute atomic E-state index is 13.3. The quantitative estimate of drug-likeness (QED) is 0.710. The van der Waals surface area contributed by atoms with Gasteiger partial charge in [0.2, 0.25) is 10.0 Å². The molecule has 0 atom stereocenters. The summed E-state index contributed by atoms with van der Waals surface area (Å²) in [6.45, 7) is 11.8. The predicted octanol–water partition coefficient (Wildman–Crippen LogP) is 1.66. The Morgan fingerprint density at radius 1 is 0.742 bits per heavy atom. The molecule has 8 nitrogen and oxygen atoms in total. The summed E-state index contributed by atoms with van der Waals surface area (Å²) in [4.78, 5) is 7.13. The van der Waals surface area contributed by atoms with Crippen LogP contribution in [0.25, 0.3) is 0 Å². The number of piperazine rings is 2. The summed E-state index contributed by atoms with van der Waals surface area (Å²) >= 11 is 0. The summed E-state index contributed by atoms with van der Waals surface area (Å²) in [6.07, 6.45) is 0. The van der Waals surface area contributed by atoms with E-state index in [0.29, 0.717) is 31.1 Å². The summed E-state index contributed by atoms with van der Waals surface area (Å²) in [5.74, 6) is 1.71. The van der Waals surface area contributed by atoms with Crippen molar-refractivity contribution in [1.82, 2.24) is 19.4 Å². The molecule has 3 heterocycles. The van der Waals surface area contributed by atoms with Crippen LogP contribution in [0, 0.1) is 20.8 Å². The Labute approximate surface area is 185 Å². The Kier molecular flexibility index (Phi) is 6.18. The first-order valence-electron chi connectivity index (χ1n) is 10.9. The van der Waals surface area contributed by atoms with E-state index in [2.05, 4.69) is 31.9 Å². The van der Waals surface area contributed by atoms with E-state index in [-0.39, 0.29) is 0 Å². The molecule has 2 saturated heterocycles. The van der Waals surface area contributed by atoms with Gasteiger partial charge < -0.3 is 14.7 Å². The normalized spacial score (nSPS) is 19.1. The molecular formula is C22H32N6O2S. The molecule has 0 unspecified atom stereocenters.